The molecule has 1 aliphatic rings. The first-order valence-electron chi connectivity index (χ1n) is 6.77. The maximum atomic E-state index is 12.5. The van der Waals surface area contributed by atoms with Crippen molar-refractivity contribution in [2.45, 2.75) is 18.9 Å². The number of amides is 1. The molecule has 0 spiro atoms. The Morgan fingerprint density at radius 3 is 2.79 bits per heavy atom. The minimum absolute atomic E-state index is 0.0484. The summed E-state index contributed by atoms with van der Waals surface area (Å²) in [7, 11) is 1.86. The normalized spacial score (nSPS) is 19.9. The van der Waals surface area contributed by atoms with Crippen LogP contribution in [0.2, 0.25) is 0 Å². The van der Waals surface area contributed by atoms with Crippen LogP contribution < -0.4 is 10.2 Å². The second kappa shape index (κ2) is 5.02. The molecular weight excluding hydrogens is 236 g/mol. The van der Waals surface area contributed by atoms with E-state index in [1.54, 1.807) is 0 Å². The van der Waals surface area contributed by atoms with E-state index in [9.17, 15) is 4.79 Å². The Kier molecular flexibility index (Phi) is 3.22. The van der Waals surface area contributed by atoms with E-state index in [0.717, 1.165) is 30.5 Å². The average molecular weight is 254 g/mol. The van der Waals surface area contributed by atoms with Gasteiger partial charge in [0, 0.05) is 11.9 Å². The minimum atomic E-state index is -0.0484. The van der Waals surface area contributed by atoms with Crippen LogP contribution in [0.3, 0.4) is 0 Å². The van der Waals surface area contributed by atoms with Gasteiger partial charge in [-0.15, -0.1) is 0 Å². The Labute approximate surface area is 113 Å². The van der Waals surface area contributed by atoms with Gasteiger partial charge in [0.25, 0.3) is 0 Å². The molecule has 0 aliphatic carbocycles. The van der Waals surface area contributed by atoms with E-state index in [1.165, 1.54) is 5.39 Å². The van der Waals surface area contributed by atoms with Crippen LogP contribution in [0.5, 0.6) is 0 Å². The third-order valence-corrected chi connectivity index (χ3v) is 3.84. The Hall–Kier alpha value is -1.87. The van der Waals surface area contributed by atoms with Crippen molar-refractivity contribution in [1.29, 1.82) is 0 Å². The van der Waals surface area contributed by atoms with Crippen molar-refractivity contribution in [3.05, 3.63) is 42.5 Å². The Morgan fingerprint density at radius 1 is 1.16 bits per heavy atom. The van der Waals surface area contributed by atoms with Crippen LogP contribution in [-0.4, -0.2) is 25.5 Å². The zero-order valence-electron chi connectivity index (χ0n) is 11.1. The molecule has 0 aromatic heterocycles. The average Bonchev–Trinajstić information content (AvgIpc) is 2.47. The molecule has 3 heteroatoms. The van der Waals surface area contributed by atoms with Crippen molar-refractivity contribution in [2.75, 3.05) is 18.5 Å². The maximum Gasteiger partial charge on any atom is 0.244 e. The van der Waals surface area contributed by atoms with Crippen LogP contribution in [-0.2, 0) is 4.79 Å². The van der Waals surface area contributed by atoms with Gasteiger partial charge in [-0.3, -0.25) is 4.79 Å². The molecule has 0 bridgehead atoms. The molecule has 1 N–H and O–H groups in total. The van der Waals surface area contributed by atoms with Crippen molar-refractivity contribution in [1.82, 2.24) is 5.32 Å². The smallest absolute Gasteiger partial charge is 0.244 e. The van der Waals surface area contributed by atoms with Crippen molar-refractivity contribution in [2.24, 2.45) is 0 Å². The number of anilines is 1. The summed E-state index contributed by atoms with van der Waals surface area (Å²) in [5, 5.41) is 5.44. The molecule has 2 aromatic carbocycles. The molecule has 2 aromatic rings. The minimum Gasteiger partial charge on any atom is -0.310 e. The quantitative estimate of drug-likeness (QED) is 0.893. The first kappa shape index (κ1) is 12.2. The standard InChI is InChI=1S/C16H18N2O/c1-17-14-9-5-11-18(16(14)19)15-10-4-7-12-6-2-3-8-13(12)15/h2-4,6-8,10,14,17H,5,9,11H2,1H3. The van der Waals surface area contributed by atoms with E-state index in [0.29, 0.717) is 0 Å². The van der Waals surface area contributed by atoms with Crippen molar-refractivity contribution in [3.63, 3.8) is 0 Å². The summed E-state index contributed by atoms with van der Waals surface area (Å²) in [5.74, 6) is 0.185. The molecule has 98 valence electrons. The van der Waals surface area contributed by atoms with Gasteiger partial charge in [-0.25, -0.2) is 0 Å². The number of piperidine rings is 1. The monoisotopic (exact) mass is 254 g/mol. The van der Waals surface area contributed by atoms with Crippen LogP contribution in [0.15, 0.2) is 42.5 Å². The fourth-order valence-electron chi connectivity index (χ4n) is 2.83. The number of hydrogen-bond donors (Lipinski definition) is 1. The highest BCUT2D eigenvalue weighted by atomic mass is 16.2. The van der Waals surface area contributed by atoms with Crippen LogP contribution in [0.1, 0.15) is 12.8 Å². The van der Waals surface area contributed by atoms with Gasteiger partial charge in [0.15, 0.2) is 0 Å². The highest BCUT2D eigenvalue weighted by molar-refractivity contribution is 6.05. The highest BCUT2D eigenvalue weighted by Crippen LogP contribution is 2.29. The zero-order chi connectivity index (χ0) is 13.2. The first-order chi connectivity index (χ1) is 9.31. The van der Waals surface area contributed by atoms with E-state index in [-0.39, 0.29) is 11.9 Å². The second-order valence-electron chi connectivity index (χ2n) is 4.97. The Bertz CT molecular complexity index is 603. The molecular formula is C16H18N2O. The van der Waals surface area contributed by atoms with Crippen LogP contribution in [0.4, 0.5) is 5.69 Å². The zero-order valence-corrected chi connectivity index (χ0v) is 11.1. The predicted molar refractivity (Wildman–Crippen MR) is 78.4 cm³/mol. The largest absolute Gasteiger partial charge is 0.310 e. The van der Waals surface area contributed by atoms with E-state index < -0.39 is 0 Å². The number of fused-ring (bicyclic) bond motifs is 1. The lowest BCUT2D eigenvalue weighted by atomic mass is 10.0. The lowest BCUT2D eigenvalue weighted by molar-refractivity contribution is -0.121. The molecule has 3 rings (SSSR count). The number of likely N-dealkylation sites (N-methyl/N-ethyl adjacent to an activating group) is 1. The van der Waals surface area contributed by atoms with Crippen LogP contribution in [0.25, 0.3) is 10.8 Å². The van der Waals surface area contributed by atoms with Gasteiger partial charge >= 0.3 is 0 Å². The number of hydrogen-bond acceptors (Lipinski definition) is 2. The fourth-order valence-corrected chi connectivity index (χ4v) is 2.83. The molecule has 1 unspecified atom stereocenters. The van der Waals surface area contributed by atoms with Gasteiger partial charge in [0.1, 0.15) is 0 Å². The molecule has 1 saturated heterocycles. The molecule has 0 saturated carbocycles. The summed E-state index contributed by atoms with van der Waals surface area (Å²) in [6, 6.07) is 14.3. The van der Waals surface area contributed by atoms with E-state index >= 15 is 0 Å². The van der Waals surface area contributed by atoms with Gasteiger partial charge in [-0.1, -0.05) is 36.4 Å². The molecule has 1 atom stereocenters. The predicted octanol–water partition coefficient (Wildman–Crippen LogP) is 2.55. The number of carbonyl (C=O) groups excluding carboxylic acids is 1. The van der Waals surface area contributed by atoms with Gasteiger partial charge in [0.05, 0.1) is 11.7 Å². The van der Waals surface area contributed by atoms with E-state index in [2.05, 4.69) is 23.5 Å². The van der Waals surface area contributed by atoms with Gasteiger partial charge in [-0.05, 0) is 31.3 Å². The number of carbonyl (C=O) groups is 1. The molecule has 1 heterocycles. The summed E-state index contributed by atoms with van der Waals surface area (Å²) in [6.45, 7) is 0.811. The maximum absolute atomic E-state index is 12.5. The van der Waals surface area contributed by atoms with Crippen LogP contribution in [0, 0.1) is 0 Å². The third-order valence-electron chi connectivity index (χ3n) is 3.84. The molecule has 19 heavy (non-hydrogen) atoms. The SMILES string of the molecule is CNC1CCCN(c2cccc3ccccc23)C1=O. The van der Waals surface area contributed by atoms with Crippen molar-refractivity contribution in [3.8, 4) is 0 Å². The van der Waals surface area contributed by atoms with E-state index in [1.807, 2.05) is 36.2 Å². The first-order valence-corrected chi connectivity index (χ1v) is 6.77. The van der Waals surface area contributed by atoms with Gasteiger partial charge in [-0.2, -0.15) is 0 Å². The molecule has 3 nitrogen and oxygen atoms in total. The molecule has 0 radical (unpaired) electrons. The van der Waals surface area contributed by atoms with Crippen molar-refractivity contribution < 1.29 is 4.79 Å². The van der Waals surface area contributed by atoms with Crippen LogP contribution >= 0.6 is 0 Å². The number of nitrogens with zero attached hydrogens (tertiary/aromatic N) is 1. The van der Waals surface area contributed by atoms with E-state index in [4.69, 9.17) is 0 Å². The molecule has 1 aliphatic heterocycles. The topological polar surface area (TPSA) is 32.3 Å². The molecule has 1 fully saturated rings. The Morgan fingerprint density at radius 2 is 1.95 bits per heavy atom. The van der Waals surface area contributed by atoms with Gasteiger partial charge in [0.2, 0.25) is 5.91 Å². The lowest BCUT2D eigenvalue weighted by Gasteiger charge is -2.32. The Balaban J connectivity index is 2.06. The van der Waals surface area contributed by atoms with Gasteiger partial charge < -0.3 is 10.2 Å². The second-order valence-corrected chi connectivity index (χ2v) is 4.97. The number of rotatable bonds is 2. The summed E-state index contributed by atoms with van der Waals surface area (Å²) >= 11 is 0. The molecule has 1 amide bonds. The van der Waals surface area contributed by atoms with Crippen molar-refractivity contribution >= 4 is 22.4 Å². The summed E-state index contributed by atoms with van der Waals surface area (Å²) in [6.07, 6.45) is 1.97. The summed E-state index contributed by atoms with van der Waals surface area (Å²) in [5.41, 5.74) is 1.03. The summed E-state index contributed by atoms with van der Waals surface area (Å²) < 4.78 is 0. The number of nitrogens with one attached hydrogen (secondary N) is 1. The lowest BCUT2D eigenvalue weighted by Crippen LogP contribution is -2.49. The fraction of sp³-hybridized carbons (Fsp3) is 0.312. The summed E-state index contributed by atoms with van der Waals surface area (Å²) in [4.78, 5) is 14.4. The number of benzene rings is 2. The third kappa shape index (κ3) is 2.10. The highest BCUT2D eigenvalue weighted by Gasteiger charge is 2.28.